The molecule has 3 heteroatoms. The van der Waals surface area contributed by atoms with Gasteiger partial charge in [0.05, 0.1) is 12.8 Å². The lowest BCUT2D eigenvalue weighted by Gasteiger charge is -2.01. The molecule has 3 aromatic rings. The minimum atomic E-state index is 0.858. The van der Waals surface area contributed by atoms with Crippen LogP contribution in [-0.4, -0.2) is 12.1 Å². The Morgan fingerprint density at radius 1 is 1.05 bits per heavy atom. The second kappa shape index (κ2) is 6.10. The van der Waals surface area contributed by atoms with E-state index in [2.05, 4.69) is 42.6 Å². The smallest absolute Gasteiger partial charge is 0.124 e. The number of hydrogen-bond acceptors (Lipinski definition) is 3. The van der Waals surface area contributed by atoms with Crippen LogP contribution in [0, 0.1) is 0 Å². The van der Waals surface area contributed by atoms with Crippen LogP contribution in [0.3, 0.4) is 0 Å². The number of methoxy groups -OCH3 is 1. The quantitative estimate of drug-likeness (QED) is 0.672. The van der Waals surface area contributed by atoms with Gasteiger partial charge in [-0.2, -0.15) is 0 Å². The maximum atomic E-state index is 5.27. The highest BCUT2D eigenvalue weighted by atomic mass is 32.1. The number of benzene rings is 2. The highest BCUT2D eigenvalue weighted by Gasteiger charge is 2.07. The Morgan fingerprint density at radius 2 is 1.86 bits per heavy atom. The van der Waals surface area contributed by atoms with E-state index in [4.69, 9.17) is 9.72 Å². The van der Waals surface area contributed by atoms with Crippen molar-refractivity contribution in [3.8, 4) is 27.6 Å². The van der Waals surface area contributed by atoms with E-state index in [1.165, 1.54) is 5.56 Å². The molecule has 1 heterocycles. The van der Waals surface area contributed by atoms with Crippen molar-refractivity contribution in [2.24, 2.45) is 0 Å². The van der Waals surface area contributed by atoms with Gasteiger partial charge in [-0.25, -0.2) is 4.98 Å². The molecule has 0 unspecified atom stereocenters. The van der Waals surface area contributed by atoms with Gasteiger partial charge in [-0.1, -0.05) is 43.3 Å². The Kier molecular flexibility index (Phi) is 4.02. The zero-order valence-corrected chi connectivity index (χ0v) is 13.0. The van der Waals surface area contributed by atoms with Gasteiger partial charge in [0.15, 0.2) is 0 Å². The van der Waals surface area contributed by atoms with Crippen molar-refractivity contribution in [1.82, 2.24) is 4.98 Å². The zero-order valence-electron chi connectivity index (χ0n) is 12.2. The Hall–Kier alpha value is -2.13. The molecule has 1 aromatic heterocycles. The fourth-order valence-corrected chi connectivity index (χ4v) is 3.03. The third kappa shape index (κ3) is 2.98. The molecule has 0 spiro atoms. The van der Waals surface area contributed by atoms with Crippen LogP contribution >= 0.6 is 11.3 Å². The largest absolute Gasteiger partial charge is 0.497 e. The van der Waals surface area contributed by atoms with Crippen molar-refractivity contribution in [2.45, 2.75) is 13.3 Å². The second-order valence-electron chi connectivity index (χ2n) is 4.82. The third-order valence-corrected chi connectivity index (χ3v) is 4.37. The Bertz CT molecular complexity index is 731. The van der Waals surface area contributed by atoms with E-state index in [1.807, 2.05) is 18.2 Å². The van der Waals surface area contributed by atoms with Gasteiger partial charge in [0.25, 0.3) is 0 Å². The van der Waals surface area contributed by atoms with E-state index in [-0.39, 0.29) is 0 Å². The molecule has 0 aliphatic heterocycles. The lowest BCUT2D eigenvalue weighted by Crippen LogP contribution is -1.84. The lowest BCUT2D eigenvalue weighted by molar-refractivity contribution is 0.415. The minimum Gasteiger partial charge on any atom is -0.497 e. The average Bonchev–Trinajstić information content (AvgIpc) is 3.05. The third-order valence-electron chi connectivity index (χ3n) is 3.48. The summed E-state index contributed by atoms with van der Waals surface area (Å²) in [5, 5.41) is 3.12. The minimum absolute atomic E-state index is 0.858. The van der Waals surface area contributed by atoms with Crippen molar-refractivity contribution in [2.75, 3.05) is 7.11 Å². The van der Waals surface area contributed by atoms with E-state index < -0.39 is 0 Å². The van der Waals surface area contributed by atoms with Crippen LogP contribution in [0.5, 0.6) is 5.75 Å². The standard InChI is InChI=1S/C18H17NOS/c1-3-13-7-9-14(10-8-13)17-12-21-18(19-17)15-5-4-6-16(11-15)20-2/h4-12H,3H2,1-2H3. The first-order valence-corrected chi connectivity index (χ1v) is 7.87. The van der Waals surface area contributed by atoms with Crippen LogP contribution in [-0.2, 0) is 6.42 Å². The first-order valence-electron chi connectivity index (χ1n) is 6.99. The number of rotatable bonds is 4. The number of aryl methyl sites for hydroxylation is 1. The van der Waals surface area contributed by atoms with Crippen LogP contribution < -0.4 is 4.74 Å². The molecular weight excluding hydrogens is 278 g/mol. The molecule has 0 atom stereocenters. The van der Waals surface area contributed by atoms with E-state index >= 15 is 0 Å². The Balaban J connectivity index is 1.91. The summed E-state index contributed by atoms with van der Waals surface area (Å²) in [7, 11) is 1.68. The summed E-state index contributed by atoms with van der Waals surface area (Å²) < 4.78 is 5.27. The van der Waals surface area contributed by atoms with Crippen molar-refractivity contribution in [1.29, 1.82) is 0 Å². The molecule has 0 bridgehead atoms. The van der Waals surface area contributed by atoms with E-state index in [0.29, 0.717) is 0 Å². The van der Waals surface area contributed by atoms with Crippen LogP contribution in [0.25, 0.3) is 21.8 Å². The van der Waals surface area contributed by atoms with Crippen LogP contribution in [0.1, 0.15) is 12.5 Å². The number of nitrogens with zero attached hydrogens (tertiary/aromatic N) is 1. The van der Waals surface area contributed by atoms with Crippen LogP contribution in [0.15, 0.2) is 53.9 Å². The summed E-state index contributed by atoms with van der Waals surface area (Å²) >= 11 is 1.66. The molecule has 2 aromatic carbocycles. The first kappa shape index (κ1) is 13.8. The van der Waals surface area contributed by atoms with Gasteiger partial charge in [0, 0.05) is 16.5 Å². The fourth-order valence-electron chi connectivity index (χ4n) is 2.21. The molecule has 0 saturated carbocycles. The molecular formula is C18H17NOS. The number of thiazole rings is 1. The fraction of sp³-hybridized carbons (Fsp3) is 0.167. The van der Waals surface area contributed by atoms with Gasteiger partial charge in [0.1, 0.15) is 10.8 Å². The summed E-state index contributed by atoms with van der Waals surface area (Å²) in [5.41, 5.74) is 4.64. The topological polar surface area (TPSA) is 22.1 Å². The molecule has 0 saturated heterocycles. The summed E-state index contributed by atoms with van der Waals surface area (Å²) in [5.74, 6) is 0.858. The normalized spacial score (nSPS) is 10.6. The Morgan fingerprint density at radius 3 is 2.57 bits per heavy atom. The van der Waals surface area contributed by atoms with Crippen LogP contribution in [0.4, 0.5) is 0 Å². The zero-order chi connectivity index (χ0) is 14.7. The van der Waals surface area contributed by atoms with Gasteiger partial charge in [-0.05, 0) is 24.1 Å². The van der Waals surface area contributed by atoms with Crippen LogP contribution in [0.2, 0.25) is 0 Å². The van der Waals surface area contributed by atoms with E-state index in [9.17, 15) is 0 Å². The highest BCUT2D eigenvalue weighted by Crippen LogP contribution is 2.30. The molecule has 0 N–H and O–H groups in total. The predicted molar refractivity (Wildman–Crippen MR) is 88.9 cm³/mol. The van der Waals surface area contributed by atoms with E-state index in [1.54, 1.807) is 18.4 Å². The molecule has 21 heavy (non-hydrogen) atoms. The van der Waals surface area contributed by atoms with E-state index in [0.717, 1.165) is 34.0 Å². The molecule has 0 aliphatic rings. The van der Waals surface area contributed by atoms with Crippen molar-refractivity contribution in [3.63, 3.8) is 0 Å². The van der Waals surface area contributed by atoms with Gasteiger partial charge in [-0.3, -0.25) is 0 Å². The number of aromatic nitrogens is 1. The molecule has 106 valence electrons. The molecule has 0 aliphatic carbocycles. The monoisotopic (exact) mass is 295 g/mol. The molecule has 2 nitrogen and oxygen atoms in total. The molecule has 0 amide bonds. The second-order valence-corrected chi connectivity index (χ2v) is 5.68. The predicted octanol–water partition coefficient (Wildman–Crippen LogP) is 5.05. The number of hydrogen-bond donors (Lipinski definition) is 0. The van der Waals surface area contributed by atoms with Crippen molar-refractivity contribution in [3.05, 3.63) is 59.5 Å². The number of ether oxygens (including phenoxy) is 1. The first-order chi connectivity index (χ1) is 10.3. The summed E-state index contributed by atoms with van der Waals surface area (Å²) in [6, 6.07) is 16.6. The SMILES string of the molecule is CCc1ccc(-c2csc(-c3cccc(OC)c3)n2)cc1. The average molecular weight is 295 g/mol. The Labute approximate surface area is 129 Å². The van der Waals surface area contributed by atoms with Crippen molar-refractivity contribution >= 4 is 11.3 Å². The summed E-state index contributed by atoms with van der Waals surface area (Å²) in [4.78, 5) is 4.74. The van der Waals surface area contributed by atoms with Gasteiger partial charge in [-0.15, -0.1) is 11.3 Å². The highest BCUT2D eigenvalue weighted by molar-refractivity contribution is 7.13. The lowest BCUT2D eigenvalue weighted by atomic mass is 10.1. The van der Waals surface area contributed by atoms with Gasteiger partial charge in [0.2, 0.25) is 0 Å². The summed E-state index contributed by atoms with van der Waals surface area (Å²) in [6.07, 6.45) is 1.06. The van der Waals surface area contributed by atoms with Gasteiger partial charge < -0.3 is 4.74 Å². The molecule has 0 fully saturated rings. The van der Waals surface area contributed by atoms with Gasteiger partial charge >= 0.3 is 0 Å². The maximum Gasteiger partial charge on any atom is 0.124 e. The molecule has 0 radical (unpaired) electrons. The summed E-state index contributed by atoms with van der Waals surface area (Å²) in [6.45, 7) is 2.17. The van der Waals surface area contributed by atoms with Crippen molar-refractivity contribution < 1.29 is 4.74 Å². The molecule has 3 rings (SSSR count). The maximum absolute atomic E-state index is 5.27.